The van der Waals surface area contributed by atoms with E-state index in [9.17, 15) is 4.39 Å². The first-order valence-electron chi connectivity index (χ1n) is 5.99. The van der Waals surface area contributed by atoms with Gasteiger partial charge >= 0.3 is 0 Å². The van der Waals surface area contributed by atoms with Crippen molar-refractivity contribution in [3.63, 3.8) is 0 Å². The molecule has 1 aromatic heterocycles. The van der Waals surface area contributed by atoms with Crippen molar-refractivity contribution < 1.29 is 4.39 Å². The van der Waals surface area contributed by atoms with Gasteiger partial charge in [0, 0.05) is 17.3 Å². The highest BCUT2D eigenvalue weighted by molar-refractivity contribution is 7.20. The van der Waals surface area contributed by atoms with Gasteiger partial charge in [0.1, 0.15) is 14.5 Å². The summed E-state index contributed by atoms with van der Waals surface area (Å²) >= 11 is 0. The fourth-order valence-corrected chi connectivity index (χ4v) is 2.60. The second-order valence-corrected chi connectivity index (χ2v) is 5.98. The molecule has 16 heavy (non-hydrogen) atoms. The highest BCUT2D eigenvalue weighted by Crippen LogP contribution is 2.46. The third kappa shape index (κ3) is 2.04. The van der Waals surface area contributed by atoms with E-state index in [-0.39, 0.29) is 0 Å². The minimum Gasteiger partial charge on any atom is -0.267 e. The molecular formula is C11H19BFN2P. The van der Waals surface area contributed by atoms with Crippen LogP contribution in [-0.4, -0.2) is 17.6 Å². The van der Waals surface area contributed by atoms with Crippen molar-refractivity contribution in [1.82, 2.24) is 9.78 Å². The van der Waals surface area contributed by atoms with Crippen molar-refractivity contribution >= 4 is 17.1 Å². The van der Waals surface area contributed by atoms with Crippen LogP contribution in [0.15, 0.2) is 0 Å². The summed E-state index contributed by atoms with van der Waals surface area (Å²) in [6, 6.07) is 0.302. The predicted octanol–water partition coefficient (Wildman–Crippen LogP) is 2.32. The van der Waals surface area contributed by atoms with Gasteiger partial charge in [-0.25, -0.2) is 4.39 Å². The molecule has 0 N–H and O–H groups in total. The minimum absolute atomic E-state index is 0.302. The molecule has 1 aromatic rings. The van der Waals surface area contributed by atoms with Crippen molar-refractivity contribution in [2.24, 2.45) is 0 Å². The summed E-state index contributed by atoms with van der Waals surface area (Å²) in [6.07, 6.45) is 2.39. The predicted molar refractivity (Wildman–Crippen MR) is 70.4 cm³/mol. The molecule has 2 atom stereocenters. The maximum atomic E-state index is 13.0. The van der Waals surface area contributed by atoms with Gasteiger partial charge in [-0.1, -0.05) is 0 Å². The Kier molecular flexibility index (Phi) is 3.39. The van der Waals surface area contributed by atoms with Crippen LogP contribution in [0.3, 0.4) is 0 Å². The molecule has 1 heterocycles. The van der Waals surface area contributed by atoms with Crippen LogP contribution in [0.4, 0.5) is 4.39 Å². The van der Waals surface area contributed by atoms with E-state index in [4.69, 9.17) is 0 Å². The van der Waals surface area contributed by atoms with Crippen LogP contribution < -0.4 is 0 Å². The molecule has 0 aliphatic heterocycles. The maximum Gasteiger partial charge on any atom is 0.134 e. The Labute approximate surface area is 99.6 Å². The summed E-state index contributed by atoms with van der Waals surface area (Å²) in [4.78, 5) is 0. The van der Waals surface area contributed by atoms with Crippen molar-refractivity contribution in [2.45, 2.75) is 50.9 Å². The average molecular weight is 240 g/mol. The van der Waals surface area contributed by atoms with Gasteiger partial charge in [0.05, 0.1) is 5.69 Å². The number of nitrogens with zero attached hydrogens (tertiary/aromatic N) is 2. The second-order valence-electron chi connectivity index (χ2n) is 4.98. The topological polar surface area (TPSA) is 17.8 Å². The molecule has 0 radical (unpaired) electrons. The molecule has 5 heteroatoms. The lowest BCUT2D eigenvalue weighted by Crippen LogP contribution is -2.10. The molecule has 2 unspecified atom stereocenters. The van der Waals surface area contributed by atoms with Gasteiger partial charge in [-0.2, -0.15) is 5.10 Å². The summed E-state index contributed by atoms with van der Waals surface area (Å²) in [5, 5.41) is 4.44. The molecule has 2 nitrogen and oxygen atoms in total. The zero-order valence-electron chi connectivity index (χ0n) is 10.2. The summed E-state index contributed by atoms with van der Waals surface area (Å²) < 4.78 is 15.0. The second kappa shape index (κ2) is 4.48. The quantitative estimate of drug-likeness (QED) is 0.583. The van der Waals surface area contributed by atoms with E-state index in [1.807, 2.05) is 4.68 Å². The molecule has 0 spiro atoms. The lowest BCUT2D eigenvalue weighted by Gasteiger charge is -2.15. The lowest BCUT2D eigenvalue weighted by atomic mass is 9.94. The van der Waals surface area contributed by atoms with E-state index in [1.54, 1.807) is 0 Å². The SMILES string of the molecule is BC(P)c1c(C2CC2)c(CF)nn1C(C)C. The number of hydrogen-bond acceptors (Lipinski definition) is 1. The summed E-state index contributed by atoms with van der Waals surface area (Å²) in [7, 11) is 4.94. The van der Waals surface area contributed by atoms with E-state index >= 15 is 0 Å². The van der Waals surface area contributed by atoms with E-state index in [0.717, 1.165) is 0 Å². The van der Waals surface area contributed by atoms with Gasteiger partial charge in [-0.3, -0.25) is 4.68 Å². The molecule has 2 rings (SSSR count). The Morgan fingerprint density at radius 2 is 2.19 bits per heavy atom. The molecule has 1 fully saturated rings. The van der Waals surface area contributed by atoms with Crippen LogP contribution in [0.1, 0.15) is 61.2 Å². The van der Waals surface area contributed by atoms with Crippen LogP contribution in [0.5, 0.6) is 0 Å². The van der Waals surface area contributed by atoms with Crippen LogP contribution >= 0.6 is 9.24 Å². The summed E-state index contributed by atoms with van der Waals surface area (Å²) in [6.45, 7) is 3.76. The highest BCUT2D eigenvalue weighted by atomic mass is 31.0. The van der Waals surface area contributed by atoms with Gasteiger partial charge in [0.15, 0.2) is 0 Å². The number of hydrogen-bond donors (Lipinski definition) is 0. The van der Waals surface area contributed by atoms with E-state index in [1.165, 1.54) is 24.1 Å². The van der Waals surface area contributed by atoms with Gasteiger partial charge in [0.25, 0.3) is 0 Å². The van der Waals surface area contributed by atoms with Gasteiger partial charge < -0.3 is 0 Å². The smallest absolute Gasteiger partial charge is 0.134 e. The van der Waals surface area contributed by atoms with Gasteiger partial charge in [0.2, 0.25) is 0 Å². The lowest BCUT2D eigenvalue weighted by molar-refractivity contribution is 0.454. The summed E-state index contributed by atoms with van der Waals surface area (Å²) in [5.41, 5.74) is 3.42. The molecular weight excluding hydrogens is 221 g/mol. The van der Waals surface area contributed by atoms with Crippen molar-refractivity contribution in [3.05, 3.63) is 17.0 Å². The third-order valence-electron chi connectivity index (χ3n) is 3.09. The van der Waals surface area contributed by atoms with Crippen LogP contribution in [-0.2, 0) is 6.67 Å². The fraction of sp³-hybridized carbons (Fsp3) is 0.727. The van der Waals surface area contributed by atoms with E-state index in [0.29, 0.717) is 23.2 Å². The first-order valence-corrected chi connectivity index (χ1v) is 6.65. The molecule has 1 saturated carbocycles. The van der Waals surface area contributed by atoms with Crippen molar-refractivity contribution in [1.29, 1.82) is 0 Å². The Balaban J connectivity index is 2.53. The fourth-order valence-electron chi connectivity index (χ4n) is 2.27. The zero-order valence-corrected chi connectivity index (χ0v) is 11.4. The number of halogens is 1. The number of alkyl halides is 1. The Hall–Kier alpha value is -0.365. The Bertz CT molecular complexity index is 386. The van der Waals surface area contributed by atoms with Crippen LogP contribution in [0.2, 0.25) is 0 Å². The van der Waals surface area contributed by atoms with Crippen molar-refractivity contribution in [3.8, 4) is 0 Å². The third-order valence-corrected chi connectivity index (χ3v) is 3.41. The maximum absolute atomic E-state index is 13.0. The minimum atomic E-state index is -0.435. The molecule has 0 saturated heterocycles. The normalized spacial score (nSPS) is 18.1. The first kappa shape index (κ1) is 12.1. The molecule has 0 aromatic carbocycles. The Morgan fingerprint density at radius 1 is 1.56 bits per heavy atom. The van der Waals surface area contributed by atoms with Gasteiger partial charge in [-0.15, -0.1) is 9.24 Å². The van der Waals surface area contributed by atoms with Crippen LogP contribution in [0.25, 0.3) is 0 Å². The molecule has 1 aliphatic carbocycles. The monoisotopic (exact) mass is 240 g/mol. The zero-order chi connectivity index (χ0) is 11.9. The molecule has 1 aliphatic rings. The average Bonchev–Trinajstić information content (AvgIpc) is 2.96. The number of rotatable bonds is 4. The van der Waals surface area contributed by atoms with Crippen LogP contribution in [0, 0.1) is 0 Å². The number of aromatic nitrogens is 2. The Morgan fingerprint density at radius 3 is 2.56 bits per heavy atom. The molecule has 0 bridgehead atoms. The standard InChI is InChI=1S/C11H19BFN2P/c1-6(2)15-10(11(12)16)9(7-3-4-7)8(5-13)14-15/h6-7,11H,3-5,12,16H2,1-2H3. The van der Waals surface area contributed by atoms with E-state index in [2.05, 4.69) is 36.0 Å². The molecule has 88 valence electrons. The first-order chi connectivity index (χ1) is 7.56. The summed E-state index contributed by atoms with van der Waals surface area (Å²) in [5.74, 6) is 0.566. The largest absolute Gasteiger partial charge is 0.267 e. The molecule has 0 amide bonds. The van der Waals surface area contributed by atoms with Gasteiger partial charge in [-0.05, 0) is 38.2 Å². The van der Waals surface area contributed by atoms with E-state index < -0.39 is 6.67 Å². The van der Waals surface area contributed by atoms with Crippen molar-refractivity contribution in [2.75, 3.05) is 0 Å². The highest BCUT2D eigenvalue weighted by Gasteiger charge is 2.33.